The summed E-state index contributed by atoms with van der Waals surface area (Å²) in [6.07, 6.45) is 4.45. The van der Waals surface area contributed by atoms with Crippen LogP contribution in [0.3, 0.4) is 0 Å². The van der Waals surface area contributed by atoms with Crippen LogP contribution >= 0.6 is 0 Å². The van der Waals surface area contributed by atoms with Gasteiger partial charge in [-0.2, -0.15) is 9.78 Å². The van der Waals surface area contributed by atoms with Gasteiger partial charge in [0.1, 0.15) is 11.6 Å². The van der Waals surface area contributed by atoms with Crippen molar-refractivity contribution in [3.05, 3.63) is 65.6 Å². The Kier molecular flexibility index (Phi) is 6.72. The van der Waals surface area contributed by atoms with Crippen LogP contribution in [0.5, 0.6) is 5.75 Å². The van der Waals surface area contributed by atoms with Crippen molar-refractivity contribution in [2.45, 2.75) is 51.5 Å². The van der Waals surface area contributed by atoms with Gasteiger partial charge in [-0.1, -0.05) is 31.9 Å². The minimum Gasteiger partial charge on any atom is -0.507 e. The van der Waals surface area contributed by atoms with Crippen LogP contribution in [-0.2, 0) is 11.3 Å². The van der Waals surface area contributed by atoms with Gasteiger partial charge in [-0.15, -0.1) is 0 Å². The van der Waals surface area contributed by atoms with E-state index in [1.54, 1.807) is 31.2 Å². The Bertz CT molecular complexity index is 1150. The lowest BCUT2D eigenvalue weighted by molar-refractivity contribution is -0.115. The highest BCUT2D eigenvalue weighted by Gasteiger charge is 2.26. The Balaban J connectivity index is 1.63. The third-order valence-electron chi connectivity index (χ3n) is 5.94. The third kappa shape index (κ3) is 5.22. The zero-order valence-corrected chi connectivity index (χ0v) is 18.5. The number of aromatic nitrogens is 2. The molecule has 0 bridgehead atoms. The molecule has 3 N–H and O–H groups in total. The van der Waals surface area contributed by atoms with Crippen molar-refractivity contribution in [3.63, 3.8) is 0 Å². The highest BCUT2D eigenvalue weighted by Crippen LogP contribution is 2.38. The van der Waals surface area contributed by atoms with Gasteiger partial charge >= 0.3 is 6.03 Å². The number of nitrogens with zero attached hydrogens (tertiary/aromatic N) is 2. The second-order valence-corrected chi connectivity index (χ2v) is 8.27. The molecule has 0 saturated heterocycles. The number of hydrogen-bond donors (Lipinski definition) is 3. The van der Waals surface area contributed by atoms with Crippen molar-refractivity contribution in [2.75, 3.05) is 5.32 Å². The van der Waals surface area contributed by atoms with Crippen LogP contribution in [0.25, 0.3) is 11.3 Å². The first-order valence-corrected chi connectivity index (χ1v) is 11.2. The summed E-state index contributed by atoms with van der Waals surface area (Å²) in [5.74, 6) is -0.252. The molecule has 2 amide bonds. The second kappa shape index (κ2) is 9.85. The van der Waals surface area contributed by atoms with Crippen molar-refractivity contribution in [2.24, 2.45) is 0 Å². The molecule has 1 saturated carbocycles. The number of carbonyl (C=O) groups excluding carboxylic acids is 2. The van der Waals surface area contributed by atoms with Crippen molar-refractivity contribution < 1.29 is 19.1 Å². The quantitative estimate of drug-likeness (QED) is 0.452. The Morgan fingerprint density at radius 1 is 1.12 bits per heavy atom. The summed E-state index contributed by atoms with van der Waals surface area (Å²) in [5.41, 5.74) is 3.01. The zero-order valence-electron chi connectivity index (χ0n) is 18.5. The molecule has 172 valence electrons. The number of amides is 2. The number of anilines is 1. The summed E-state index contributed by atoms with van der Waals surface area (Å²) < 4.78 is 14.5. The summed E-state index contributed by atoms with van der Waals surface area (Å²) in [5, 5.41) is 20.6. The molecular formula is C25H27FN4O3. The van der Waals surface area contributed by atoms with Gasteiger partial charge in [-0.3, -0.25) is 4.79 Å². The number of halogens is 1. The first-order valence-electron chi connectivity index (χ1n) is 11.2. The van der Waals surface area contributed by atoms with E-state index in [0.29, 0.717) is 23.4 Å². The molecule has 33 heavy (non-hydrogen) atoms. The molecule has 1 aliphatic carbocycles. The summed E-state index contributed by atoms with van der Waals surface area (Å²) in [7, 11) is 0. The van der Waals surface area contributed by atoms with E-state index in [4.69, 9.17) is 0 Å². The first-order chi connectivity index (χ1) is 15.9. The number of aromatic hydroxyl groups is 1. The van der Waals surface area contributed by atoms with Crippen molar-refractivity contribution in [1.29, 1.82) is 0 Å². The van der Waals surface area contributed by atoms with Crippen molar-refractivity contribution in [1.82, 2.24) is 15.1 Å². The molecular weight excluding hydrogens is 423 g/mol. The van der Waals surface area contributed by atoms with Crippen LogP contribution in [-0.4, -0.2) is 26.8 Å². The maximum Gasteiger partial charge on any atom is 0.342 e. The van der Waals surface area contributed by atoms with Crippen LogP contribution in [0.2, 0.25) is 0 Å². The molecule has 4 rings (SSSR count). The number of rotatable bonds is 6. The maximum absolute atomic E-state index is 13.1. The average Bonchev–Trinajstić information content (AvgIpc) is 3.50. The van der Waals surface area contributed by atoms with E-state index in [2.05, 4.69) is 15.7 Å². The largest absolute Gasteiger partial charge is 0.507 e. The molecule has 1 fully saturated rings. The molecule has 0 aliphatic heterocycles. The highest BCUT2D eigenvalue weighted by atomic mass is 19.1. The summed E-state index contributed by atoms with van der Waals surface area (Å²) >= 11 is 0. The van der Waals surface area contributed by atoms with Crippen LogP contribution in [0.15, 0.2) is 48.5 Å². The summed E-state index contributed by atoms with van der Waals surface area (Å²) in [4.78, 5) is 24.8. The topological polar surface area (TPSA) is 96.2 Å². The third-order valence-corrected chi connectivity index (χ3v) is 5.94. The molecule has 3 aromatic rings. The lowest BCUT2D eigenvalue weighted by atomic mass is 10.0. The van der Waals surface area contributed by atoms with Gasteiger partial charge in [0, 0.05) is 30.1 Å². The Labute approximate surface area is 191 Å². The number of hydrogen-bond acceptors (Lipinski definition) is 4. The van der Waals surface area contributed by atoms with E-state index >= 15 is 0 Å². The van der Waals surface area contributed by atoms with Gasteiger partial charge in [-0.25, -0.2) is 9.18 Å². The fourth-order valence-corrected chi connectivity index (χ4v) is 4.13. The lowest BCUT2D eigenvalue weighted by Crippen LogP contribution is -2.30. The smallest absolute Gasteiger partial charge is 0.342 e. The molecule has 0 spiro atoms. The van der Waals surface area contributed by atoms with E-state index in [1.807, 2.05) is 6.07 Å². The Morgan fingerprint density at radius 3 is 2.55 bits per heavy atom. The summed E-state index contributed by atoms with van der Waals surface area (Å²) in [6, 6.07) is 12.2. The van der Waals surface area contributed by atoms with Gasteiger partial charge in [0.25, 0.3) is 0 Å². The van der Waals surface area contributed by atoms with Crippen LogP contribution in [0.1, 0.15) is 56.2 Å². The predicted octanol–water partition coefficient (Wildman–Crippen LogP) is 5.16. The van der Waals surface area contributed by atoms with Gasteiger partial charge in [0.2, 0.25) is 5.91 Å². The number of nitrogens with one attached hydrogen (secondary N) is 2. The molecule has 2 aromatic carbocycles. The van der Waals surface area contributed by atoms with Gasteiger partial charge < -0.3 is 15.7 Å². The molecule has 0 unspecified atom stereocenters. The van der Waals surface area contributed by atoms with Gasteiger partial charge in [-0.05, 0) is 54.8 Å². The number of carbonyl (C=O) groups is 2. The molecule has 8 heteroatoms. The van der Waals surface area contributed by atoms with E-state index < -0.39 is 0 Å². The molecule has 1 aromatic heterocycles. The SMILES string of the molecule is CCC(=O)Nc1ccc(O)c(-c2cc(C3CCCC3)n(C(=O)NCc3ccc(F)cc3)n2)c1. The maximum atomic E-state index is 13.1. The van der Waals surface area contributed by atoms with Gasteiger partial charge in [0.05, 0.1) is 11.4 Å². The lowest BCUT2D eigenvalue weighted by Gasteiger charge is -2.12. The molecule has 1 heterocycles. The van der Waals surface area contributed by atoms with E-state index in [-0.39, 0.29) is 36.0 Å². The van der Waals surface area contributed by atoms with Crippen LogP contribution < -0.4 is 10.6 Å². The van der Waals surface area contributed by atoms with Gasteiger partial charge in [0.15, 0.2) is 0 Å². The molecule has 7 nitrogen and oxygen atoms in total. The van der Waals surface area contributed by atoms with Crippen LogP contribution in [0, 0.1) is 5.82 Å². The van der Waals surface area contributed by atoms with E-state index in [9.17, 15) is 19.1 Å². The standard InChI is InChI=1S/C25H27FN4O3/c1-2-24(32)28-19-11-12-23(31)20(13-19)21-14-22(17-5-3-4-6-17)30(29-21)25(33)27-15-16-7-9-18(26)10-8-16/h7-14,17,31H,2-6,15H2,1H3,(H,27,33)(H,28,32). The number of phenolic OH excluding ortho intramolecular Hbond substituents is 1. The predicted molar refractivity (Wildman–Crippen MR) is 123 cm³/mol. The Hall–Kier alpha value is -3.68. The van der Waals surface area contributed by atoms with Crippen molar-refractivity contribution in [3.8, 4) is 17.0 Å². The molecule has 1 aliphatic rings. The average molecular weight is 451 g/mol. The minimum atomic E-state index is -0.387. The Morgan fingerprint density at radius 2 is 1.85 bits per heavy atom. The second-order valence-electron chi connectivity index (χ2n) is 8.27. The number of phenols is 1. The molecule has 0 atom stereocenters. The van der Waals surface area contributed by atoms with E-state index in [1.165, 1.54) is 22.9 Å². The summed E-state index contributed by atoms with van der Waals surface area (Å²) in [6.45, 7) is 2.00. The first kappa shape index (κ1) is 22.5. The fourth-order valence-electron chi connectivity index (χ4n) is 4.13. The monoisotopic (exact) mass is 450 g/mol. The highest BCUT2D eigenvalue weighted by molar-refractivity contribution is 5.91. The number of benzene rings is 2. The van der Waals surface area contributed by atoms with Crippen LogP contribution in [0.4, 0.5) is 14.9 Å². The fraction of sp³-hybridized carbons (Fsp3) is 0.320. The van der Waals surface area contributed by atoms with Crippen molar-refractivity contribution >= 4 is 17.6 Å². The van der Waals surface area contributed by atoms with E-state index in [0.717, 1.165) is 36.9 Å². The molecule has 0 radical (unpaired) electrons. The normalized spacial score (nSPS) is 13.8. The zero-order chi connectivity index (χ0) is 23.4. The minimum absolute atomic E-state index is 0.0128.